The summed E-state index contributed by atoms with van der Waals surface area (Å²) in [5.74, 6) is -0.236. The maximum absolute atomic E-state index is 11.1. The number of quaternary nitrogens is 1. The van der Waals surface area contributed by atoms with E-state index in [1.54, 1.807) is 0 Å². The molecule has 1 saturated heterocycles. The van der Waals surface area contributed by atoms with Crippen LogP contribution >= 0.6 is 0 Å². The Hall–Kier alpha value is -1.35. The molecule has 1 aliphatic carbocycles. The third-order valence-electron chi connectivity index (χ3n) is 4.32. The molecule has 0 radical (unpaired) electrons. The minimum atomic E-state index is -0.626. The van der Waals surface area contributed by atoms with E-state index < -0.39 is 5.97 Å². The second kappa shape index (κ2) is 6.20. The minimum absolute atomic E-state index is 0.151. The molecule has 0 spiro atoms. The van der Waals surface area contributed by atoms with Gasteiger partial charge >= 0.3 is 5.97 Å². The number of nitrogens with two attached hydrogens (primary N) is 1. The fourth-order valence-corrected chi connectivity index (χ4v) is 3.35. The Balaban J connectivity index is 0.000000637. The second-order valence-electron chi connectivity index (χ2n) is 5.34. The van der Waals surface area contributed by atoms with Crippen LogP contribution in [0, 0.1) is 11.8 Å². The molecule has 0 amide bonds. The molecule has 1 aliphatic heterocycles. The molecule has 2 aliphatic rings. The van der Waals surface area contributed by atoms with Crippen molar-refractivity contribution in [3.63, 3.8) is 0 Å². The first-order chi connectivity index (χ1) is 9.24. The number of fused-ring (bicyclic) bond motifs is 2. The van der Waals surface area contributed by atoms with Crippen molar-refractivity contribution in [2.75, 3.05) is 6.54 Å². The molecule has 3 atom stereocenters. The highest BCUT2D eigenvalue weighted by molar-refractivity contribution is 5.70. The highest BCUT2D eigenvalue weighted by Gasteiger charge is 2.39. The molecule has 0 aromatic heterocycles. The van der Waals surface area contributed by atoms with Gasteiger partial charge in [-0.3, -0.25) is 4.79 Å². The summed E-state index contributed by atoms with van der Waals surface area (Å²) in [5.41, 5.74) is 2.88. The van der Waals surface area contributed by atoms with Gasteiger partial charge in [-0.1, -0.05) is 38.1 Å². The predicted molar refractivity (Wildman–Crippen MR) is 75.0 cm³/mol. The van der Waals surface area contributed by atoms with E-state index in [1.807, 2.05) is 13.8 Å². The van der Waals surface area contributed by atoms with Gasteiger partial charge in [0.1, 0.15) is 5.92 Å². The van der Waals surface area contributed by atoms with Crippen LogP contribution in [0.2, 0.25) is 0 Å². The molecule has 104 valence electrons. The quantitative estimate of drug-likeness (QED) is 0.805. The van der Waals surface area contributed by atoms with Crippen LogP contribution in [0.5, 0.6) is 0 Å². The molecule has 1 aromatic rings. The zero-order valence-corrected chi connectivity index (χ0v) is 11.8. The first-order valence-electron chi connectivity index (χ1n) is 7.37. The van der Waals surface area contributed by atoms with Gasteiger partial charge in [-0.15, -0.1) is 0 Å². The molecule has 3 heteroatoms. The first-order valence-corrected chi connectivity index (χ1v) is 7.37. The molecule has 3 nitrogen and oxygen atoms in total. The van der Waals surface area contributed by atoms with Crippen LogP contribution in [-0.4, -0.2) is 23.7 Å². The summed E-state index contributed by atoms with van der Waals surface area (Å²) in [6.45, 7) is 4.75. The van der Waals surface area contributed by atoms with Gasteiger partial charge in [-0.2, -0.15) is 0 Å². The Bertz CT molecular complexity index is 444. The fourth-order valence-electron chi connectivity index (χ4n) is 3.35. The summed E-state index contributed by atoms with van der Waals surface area (Å²) in [5, 5.41) is 11.4. The lowest BCUT2D eigenvalue weighted by Crippen LogP contribution is -2.95. The van der Waals surface area contributed by atoms with E-state index in [1.165, 1.54) is 11.1 Å². The summed E-state index contributed by atoms with van der Waals surface area (Å²) in [6.07, 6.45) is 3.01. The van der Waals surface area contributed by atoms with Crippen molar-refractivity contribution in [1.82, 2.24) is 0 Å². The first kappa shape index (κ1) is 14.1. The van der Waals surface area contributed by atoms with E-state index in [0.717, 1.165) is 25.8 Å². The standard InChI is InChI=1S/C14H17NO2.C2H6/c16-14(17)12-6-11-5-9-3-1-2-4-10(9)7-13(11)15-8-12;1-2/h1-4,11-13,15H,5-8H2,(H,16,17);1-2H3/p+1/t11-,12+,13+;/m0./s1. The Morgan fingerprint density at radius 1 is 1.21 bits per heavy atom. The Morgan fingerprint density at radius 2 is 1.84 bits per heavy atom. The molecule has 1 heterocycles. The third kappa shape index (κ3) is 2.98. The highest BCUT2D eigenvalue weighted by Crippen LogP contribution is 2.30. The summed E-state index contributed by atoms with van der Waals surface area (Å²) < 4.78 is 0. The maximum atomic E-state index is 11.1. The van der Waals surface area contributed by atoms with Crippen LogP contribution < -0.4 is 5.32 Å². The fraction of sp³-hybridized carbons (Fsp3) is 0.562. The van der Waals surface area contributed by atoms with E-state index in [-0.39, 0.29) is 5.92 Å². The number of carboxylic acid groups (broad SMARTS) is 1. The summed E-state index contributed by atoms with van der Waals surface area (Å²) in [4.78, 5) is 11.1. The van der Waals surface area contributed by atoms with E-state index in [2.05, 4.69) is 29.6 Å². The van der Waals surface area contributed by atoms with Gasteiger partial charge in [0.2, 0.25) is 0 Å². The third-order valence-corrected chi connectivity index (χ3v) is 4.32. The van der Waals surface area contributed by atoms with E-state index in [0.29, 0.717) is 12.0 Å². The molecule has 0 saturated carbocycles. The number of piperidine rings is 1. The summed E-state index contributed by atoms with van der Waals surface area (Å²) in [6, 6.07) is 9.18. The SMILES string of the molecule is CC.O=C(O)[C@H]1C[NH2+][C@@H]2Cc3ccccc3C[C@H]2C1. The van der Waals surface area contributed by atoms with Gasteiger partial charge in [0.15, 0.2) is 0 Å². The van der Waals surface area contributed by atoms with Crippen molar-refractivity contribution in [2.24, 2.45) is 11.8 Å². The van der Waals surface area contributed by atoms with Crippen LogP contribution in [0.1, 0.15) is 31.4 Å². The van der Waals surface area contributed by atoms with Crippen molar-refractivity contribution in [2.45, 2.75) is 39.2 Å². The molecule has 3 rings (SSSR count). The normalized spacial score (nSPS) is 28.4. The Kier molecular flexibility index (Phi) is 4.59. The average Bonchev–Trinajstić information content (AvgIpc) is 2.46. The van der Waals surface area contributed by atoms with E-state index >= 15 is 0 Å². The summed E-state index contributed by atoms with van der Waals surface area (Å²) in [7, 11) is 0. The van der Waals surface area contributed by atoms with Crippen molar-refractivity contribution in [3.05, 3.63) is 35.4 Å². The van der Waals surface area contributed by atoms with Crippen LogP contribution in [0.4, 0.5) is 0 Å². The Labute approximate surface area is 115 Å². The van der Waals surface area contributed by atoms with Gasteiger partial charge in [-0.05, 0) is 24.0 Å². The predicted octanol–water partition coefficient (Wildman–Crippen LogP) is 1.46. The topological polar surface area (TPSA) is 53.9 Å². The van der Waals surface area contributed by atoms with Crippen LogP contribution in [0.15, 0.2) is 24.3 Å². The molecule has 1 aromatic carbocycles. The van der Waals surface area contributed by atoms with Gasteiger partial charge < -0.3 is 10.4 Å². The van der Waals surface area contributed by atoms with Crippen molar-refractivity contribution < 1.29 is 15.2 Å². The molecular weight excluding hydrogens is 238 g/mol. The zero-order valence-electron chi connectivity index (χ0n) is 11.8. The highest BCUT2D eigenvalue weighted by atomic mass is 16.4. The smallest absolute Gasteiger partial charge is 0.312 e. The van der Waals surface area contributed by atoms with Crippen molar-refractivity contribution in [3.8, 4) is 0 Å². The molecule has 0 unspecified atom stereocenters. The lowest BCUT2D eigenvalue weighted by molar-refractivity contribution is -0.709. The second-order valence-corrected chi connectivity index (χ2v) is 5.34. The largest absolute Gasteiger partial charge is 0.481 e. The van der Waals surface area contributed by atoms with Gasteiger partial charge in [0, 0.05) is 12.3 Å². The number of benzene rings is 1. The number of carbonyl (C=O) groups is 1. The minimum Gasteiger partial charge on any atom is -0.481 e. The van der Waals surface area contributed by atoms with E-state index in [9.17, 15) is 4.79 Å². The van der Waals surface area contributed by atoms with Crippen molar-refractivity contribution in [1.29, 1.82) is 0 Å². The van der Waals surface area contributed by atoms with Crippen LogP contribution in [-0.2, 0) is 17.6 Å². The van der Waals surface area contributed by atoms with Crippen LogP contribution in [0.3, 0.4) is 0 Å². The average molecular weight is 262 g/mol. The zero-order chi connectivity index (χ0) is 13.8. The molecule has 3 N–H and O–H groups in total. The number of aliphatic carboxylic acids is 1. The number of carboxylic acids is 1. The van der Waals surface area contributed by atoms with Crippen LogP contribution in [0.25, 0.3) is 0 Å². The monoisotopic (exact) mass is 262 g/mol. The maximum Gasteiger partial charge on any atom is 0.312 e. The number of hydrogen-bond acceptors (Lipinski definition) is 1. The summed E-state index contributed by atoms with van der Waals surface area (Å²) >= 11 is 0. The number of rotatable bonds is 1. The molecule has 0 bridgehead atoms. The van der Waals surface area contributed by atoms with E-state index in [4.69, 9.17) is 5.11 Å². The Morgan fingerprint density at radius 3 is 2.47 bits per heavy atom. The molecule has 19 heavy (non-hydrogen) atoms. The molecular formula is C16H24NO2+. The molecule has 1 fully saturated rings. The van der Waals surface area contributed by atoms with Gasteiger partial charge in [0.05, 0.1) is 12.6 Å². The van der Waals surface area contributed by atoms with Gasteiger partial charge in [0.25, 0.3) is 0 Å². The lowest BCUT2D eigenvalue weighted by Gasteiger charge is -2.36. The lowest BCUT2D eigenvalue weighted by atomic mass is 9.73. The number of hydrogen-bond donors (Lipinski definition) is 2. The van der Waals surface area contributed by atoms with Gasteiger partial charge in [-0.25, -0.2) is 0 Å². The van der Waals surface area contributed by atoms with Crippen molar-refractivity contribution >= 4 is 5.97 Å².